The van der Waals surface area contributed by atoms with Crippen LogP contribution in [0.25, 0.3) is 0 Å². The first kappa shape index (κ1) is 6.72. The highest BCUT2D eigenvalue weighted by Gasteiger charge is 2.31. The Kier molecular flexibility index (Phi) is 1.84. The van der Waals surface area contributed by atoms with E-state index >= 15 is 0 Å². The molecule has 0 atom stereocenters. The molecule has 0 aromatic rings. The standard InChI is InChI=1S/C7H13NO/c1-5(2)6-3-7(4-6)8-9/h5-7H,3-4H2,1-2H3. The molecule has 1 aliphatic carbocycles. The van der Waals surface area contributed by atoms with Gasteiger partial charge in [-0.15, -0.1) is 0 Å². The molecule has 0 heterocycles. The Morgan fingerprint density at radius 3 is 2.33 bits per heavy atom. The van der Waals surface area contributed by atoms with Crippen LogP contribution >= 0.6 is 0 Å². The lowest BCUT2D eigenvalue weighted by Gasteiger charge is -2.33. The Morgan fingerprint density at radius 2 is 2.00 bits per heavy atom. The molecule has 2 heteroatoms. The molecule has 2 nitrogen and oxygen atoms in total. The number of hydrogen-bond acceptors (Lipinski definition) is 2. The lowest BCUT2D eigenvalue weighted by atomic mass is 9.74. The highest BCUT2D eigenvalue weighted by atomic mass is 16.3. The molecule has 0 spiro atoms. The van der Waals surface area contributed by atoms with Gasteiger partial charge in [0.25, 0.3) is 0 Å². The van der Waals surface area contributed by atoms with E-state index in [0.29, 0.717) is 0 Å². The van der Waals surface area contributed by atoms with Gasteiger partial charge in [-0.1, -0.05) is 19.0 Å². The monoisotopic (exact) mass is 127 g/mol. The fourth-order valence-corrected chi connectivity index (χ4v) is 1.26. The van der Waals surface area contributed by atoms with Crippen LogP contribution in [-0.4, -0.2) is 6.04 Å². The largest absolute Gasteiger partial charge is 0.151 e. The average Bonchev–Trinajstić information content (AvgIpc) is 1.61. The van der Waals surface area contributed by atoms with Crippen LogP contribution in [0.4, 0.5) is 0 Å². The third kappa shape index (κ3) is 1.29. The van der Waals surface area contributed by atoms with E-state index in [0.717, 1.165) is 24.7 Å². The lowest BCUT2D eigenvalue weighted by Crippen LogP contribution is -2.30. The van der Waals surface area contributed by atoms with Gasteiger partial charge in [-0.3, -0.25) is 0 Å². The molecule has 0 unspecified atom stereocenters. The average molecular weight is 127 g/mol. The van der Waals surface area contributed by atoms with Crippen LogP contribution in [-0.2, 0) is 0 Å². The maximum Gasteiger partial charge on any atom is 0.0925 e. The molecule has 0 bridgehead atoms. The van der Waals surface area contributed by atoms with Crippen LogP contribution in [0.5, 0.6) is 0 Å². The molecule has 1 rings (SSSR count). The molecule has 1 aliphatic rings. The zero-order valence-electron chi connectivity index (χ0n) is 6.00. The zero-order chi connectivity index (χ0) is 6.85. The van der Waals surface area contributed by atoms with E-state index in [4.69, 9.17) is 0 Å². The smallest absolute Gasteiger partial charge is 0.0925 e. The predicted octanol–water partition coefficient (Wildman–Crippen LogP) is 2.19. The predicted molar refractivity (Wildman–Crippen MR) is 37.1 cm³/mol. The first-order valence-corrected chi connectivity index (χ1v) is 3.56. The molecule has 9 heavy (non-hydrogen) atoms. The Bertz CT molecular complexity index is 105. The fourth-order valence-electron chi connectivity index (χ4n) is 1.26. The number of nitrogens with zero attached hydrogens (tertiary/aromatic N) is 1. The van der Waals surface area contributed by atoms with Crippen molar-refractivity contribution in [3.63, 3.8) is 0 Å². The molecular formula is C7H13NO. The quantitative estimate of drug-likeness (QED) is 0.523. The molecule has 0 aromatic carbocycles. The zero-order valence-corrected chi connectivity index (χ0v) is 6.00. The molecule has 52 valence electrons. The van der Waals surface area contributed by atoms with E-state index in [-0.39, 0.29) is 6.04 Å². The lowest BCUT2D eigenvalue weighted by molar-refractivity contribution is 0.199. The van der Waals surface area contributed by atoms with Crippen molar-refractivity contribution >= 4 is 0 Å². The fraction of sp³-hybridized carbons (Fsp3) is 1.00. The van der Waals surface area contributed by atoms with Gasteiger partial charge in [0.15, 0.2) is 0 Å². The Balaban J connectivity index is 2.19. The van der Waals surface area contributed by atoms with E-state index < -0.39 is 0 Å². The molecule has 1 fully saturated rings. The summed E-state index contributed by atoms with van der Waals surface area (Å²) < 4.78 is 0. The third-order valence-electron chi connectivity index (χ3n) is 2.24. The second kappa shape index (κ2) is 2.46. The minimum absolute atomic E-state index is 0.150. The van der Waals surface area contributed by atoms with Crippen molar-refractivity contribution in [2.75, 3.05) is 0 Å². The summed E-state index contributed by atoms with van der Waals surface area (Å²) in [6.07, 6.45) is 2.06. The Morgan fingerprint density at radius 1 is 1.44 bits per heavy atom. The summed E-state index contributed by atoms with van der Waals surface area (Å²) in [5, 5.41) is 2.98. The van der Waals surface area contributed by atoms with Gasteiger partial charge in [0.1, 0.15) is 0 Å². The molecular weight excluding hydrogens is 114 g/mol. The second-order valence-corrected chi connectivity index (χ2v) is 3.23. The summed E-state index contributed by atoms with van der Waals surface area (Å²) in [6.45, 7) is 4.40. The normalized spacial score (nSPS) is 34.1. The molecule has 0 amide bonds. The van der Waals surface area contributed by atoms with Gasteiger partial charge in [0, 0.05) is 0 Å². The molecule has 0 aromatic heterocycles. The van der Waals surface area contributed by atoms with Crippen LogP contribution in [0.15, 0.2) is 5.18 Å². The van der Waals surface area contributed by atoms with Crippen molar-refractivity contribution in [2.24, 2.45) is 17.0 Å². The topological polar surface area (TPSA) is 29.4 Å². The maximum atomic E-state index is 9.91. The molecule has 1 saturated carbocycles. The van der Waals surface area contributed by atoms with Crippen LogP contribution in [0.3, 0.4) is 0 Å². The number of rotatable bonds is 2. The SMILES string of the molecule is CC(C)C1CC(N=O)C1. The van der Waals surface area contributed by atoms with Gasteiger partial charge < -0.3 is 0 Å². The molecule has 0 N–H and O–H groups in total. The summed E-state index contributed by atoms with van der Waals surface area (Å²) >= 11 is 0. The Labute approximate surface area is 55.6 Å². The maximum absolute atomic E-state index is 9.91. The van der Waals surface area contributed by atoms with Gasteiger partial charge in [-0.2, -0.15) is 4.91 Å². The van der Waals surface area contributed by atoms with E-state index in [2.05, 4.69) is 19.0 Å². The van der Waals surface area contributed by atoms with Gasteiger partial charge in [-0.25, -0.2) is 0 Å². The van der Waals surface area contributed by atoms with E-state index in [9.17, 15) is 4.91 Å². The molecule has 0 aliphatic heterocycles. The van der Waals surface area contributed by atoms with Gasteiger partial charge >= 0.3 is 0 Å². The second-order valence-electron chi connectivity index (χ2n) is 3.23. The van der Waals surface area contributed by atoms with Gasteiger partial charge in [-0.05, 0) is 24.7 Å². The van der Waals surface area contributed by atoms with Crippen molar-refractivity contribution < 1.29 is 0 Å². The Hall–Kier alpha value is -0.400. The highest BCUT2D eigenvalue weighted by molar-refractivity contribution is 4.85. The van der Waals surface area contributed by atoms with Crippen molar-refractivity contribution in [3.05, 3.63) is 4.91 Å². The van der Waals surface area contributed by atoms with E-state index in [1.807, 2.05) is 0 Å². The van der Waals surface area contributed by atoms with Gasteiger partial charge in [0.05, 0.1) is 6.04 Å². The first-order valence-electron chi connectivity index (χ1n) is 3.56. The highest BCUT2D eigenvalue weighted by Crippen LogP contribution is 2.35. The van der Waals surface area contributed by atoms with Crippen molar-refractivity contribution in [3.8, 4) is 0 Å². The minimum Gasteiger partial charge on any atom is -0.151 e. The number of nitroso groups, excluding NO2 is 1. The summed E-state index contributed by atoms with van der Waals surface area (Å²) in [5.41, 5.74) is 0. The van der Waals surface area contributed by atoms with Gasteiger partial charge in [0.2, 0.25) is 0 Å². The van der Waals surface area contributed by atoms with E-state index in [1.54, 1.807) is 0 Å². The van der Waals surface area contributed by atoms with Crippen molar-refractivity contribution in [1.29, 1.82) is 0 Å². The van der Waals surface area contributed by atoms with Crippen molar-refractivity contribution in [2.45, 2.75) is 32.7 Å². The van der Waals surface area contributed by atoms with E-state index in [1.165, 1.54) is 0 Å². The van der Waals surface area contributed by atoms with Crippen LogP contribution in [0.2, 0.25) is 0 Å². The number of hydrogen-bond donors (Lipinski definition) is 0. The van der Waals surface area contributed by atoms with Crippen LogP contribution < -0.4 is 0 Å². The summed E-state index contributed by atoms with van der Waals surface area (Å²) in [4.78, 5) is 9.91. The first-order chi connectivity index (χ1) is 4.24. The summed E-state index contributed by atoms with van der Waals surface area (Å²) in [5.74, 6) is 1.51. The summed E-state index contributed by atoms with van der Waals surface area (Å²) in [7, 11) is 0. The minimum atomic E-state index is 0.150. The third-order valence-corrected chi connectivity index (χ3v) is 2.24. The van der Waals surface area contributed by atoms with Crippen molar-refractivity contribution in [1.82, 2.24) is 0 Å². The molecule has 0 radical (unpaired) electrons. The van der Waals surface area contributed by atoms with Crippen LogP contribution in [0, 0.1) is 16.7 Å². The van der Waals surface area contributed by atoms with Crippen LogP contribution in [0.1, 0.15) is 26.7 Å². The summed E-state index contributed by atoms with van der Waals surface area (Å²) in [6, 6.07) is 0.150. The molecule has 0 saturated heterocycles.